The van der Waals surface area contributed by atoms with Crippen molar-refractivity contribution in [1.82, 2.24) is 14.5 Å². The number of anilines is 1. The first kappa shape index (κ1) is 27.6. The summed E-state index contributed by atoms with van der Waals surface area (Å²) in [7, 11) is 0. The van der Waals surface area contributed by atoms with E-state index in [0.717, 1.165) is 79.8 Å². The van der Waals surface area contributed by atoms with Crippen molar-refractivity contribution in [2.75, 3.05) is 25.0 Å². The standard InChI is InChI=1S/C32H38FN5O2/c1-2-5-30(40-31(34)39)25-12-8-23(9-13-25)16-19-37-20-17-27(18-21-37)35-32-36-28-6-3-4-7-29(28)38(32)22-24-10-14-26(33)15-11-24/h3-4,6-15,27,30H,2,5,16-22H2,1H3,(H2,34,39)(H,35,36). The topological polar surface area (TPSA) is 85.4 Å². The lowest BCUT2D eigenvalue weighted by Gasteiger charge is -2.32. The van der Waals surface area contributed by atoms with Crippen LogP contribution in [0.3, 0.4) is 0 Å². The number of aromatic nitrogens is 2. The zero-order chi connectivity index (χ0) is 27.9. The number of nitrogens with one attached hydrogen (secondary N) is 1. The lowest BCUT2D eigenvalue weighted by molar-refractivity contribution is 0.101. The third-order valence-corrected chi connectivity index (χ3v) is 7.71. The maximum Gasteiger partial charge on any atom is 0.405 e. The first-order valence-corrected chi connectivity index (χ1v) is 14.2. The number of halogens is 1. The molecule has 1 aromatic heterocycles. The minimum Gasteiger partial charge on any atom is -0.442 e. The predicted molar refractivity (Wildman–Crippen MR) is 157 cm³/mol. The molecule has 1 aliphatic rings. The molecule has 1 fully saturated rings. The molecule has 7 nitrogen and oxygen atoms in total. The predicted octanol–water partition coefficient (Wildman–Crippen LogP) is 6.28. The van der Waals surface area contributed by atoms with Crippen molar-refractivity contribution >= 4 is 23.1 Å². The van der Waals surface area contributed by atoms with Gasteiger partial charge in [0.15, 0.2) is 0 Å². The number of para-hydroxylation sites is 2. The molecule has 0 spiro atoms. The third kappa shape index (κ3) is 6.99. The van der Waals surface area contributed by atoms with Gasteiger partial charge in [0, 0.05) is 25.7 Å². The fourth-order valence-corrected chi connectivity index (χ4v) is 5.48. The molecule has 40 heavy (non-hydrogen) atoms. The molecule has 1 atom stereocenters. The van der Waals surface area contributed by atoms with Gasteiger partial charge in [0.25, 0.3) is 0 Å². The minimum absolute atomic E-state index is 0.225. The van der Waals surface area contributed by atoms with Crippen LogP contribution in [0.5, 0.6) is 0 Å². The third-order valence-electron chi connectivity index (χ3n) is 7.71. The Kier molecular flexibility index (Phi) is 8.96. The lowest BCUT2D eigenvalue weighted by atomic mass is 10.0. The number of primary amides is 1. The van der Waals surface area contributed by atoms with E-state index in [1.807, 2.05) is 42.5 Å². The molecule has 210 valence electrons. The molecule has 3 aromatic carbocycles. The van der Waals surface area contributed by atoms with Crippen LogP contribution < -0.4 is 11.1 Å². The number of fused-ring (bicyclic) bond motifs is 1. The number of hydrogen-bond acceptors (Lipinski definition) is 5. The Hall–Kier alpha value is -3.91. The summed E-state index contributed by atoms with van der Waals surface area (Å²) in [4.78, 5) is 18.7. The first-order valence-electron chi connectivity index (χ1n) is 14.2. The Labute approximate surface area is 235 Å². The molecule has 0 saturated carbocycles. The van der Waals surface area contributed by atoms with Crippen molar-refractivity contribution in [3.8, 4) is 0 Å². The number of hydrogen-bond donors (Lipinski definition) is 2. The second-order valence-electron chi connectivity index (χ2n) is 10.6. The van der Waals surface area contributed by atoms with Gasteiger partial charge < -0.3 is 25.3 Å². The van der Waals surface area contributed by atoms with Crippen LogP contribution >= 0.6 is 0 Å². The van der Waals surface area contributed by atoms with E-state index in [4.69, 9.17) is 15.5 Å². The van der Waals surface area contributed by atoms with Gasteiger partial charge in [-0.3, -0.25) is 0 Å². The van der Waals surface area contributed by atoms with Gasteiger partial charge in [-0.15, -0.1) is 0 Å². The van der Waals surface area contributed by atoms with Crippen LogP contribution in [0.4, 0.5) is 15.1 Å². The molecule has 1 saturated heterocycles. The van der Waals surface area contributed by atoms with Gasteiger partial charge in [-0.2, -0.15) is 0 Å². The van der Waals surface area contributed by atoms with Crippen LogP contribution in [-0.4, -0.2) is 46.2 Å². The van der Waals surface area contributed by atoms with Crippen LogP contribution in [-0.2, 0) is 17.7 Å². The van der Waals surface area contributed by atoms with E-state index in [-0.39, 0.29) is 11.9 Å². The van der Waals surface area contributed by atoms with Crippen molar-refractivity contribution in [3.63, 3.8) is 0 Å². The van der Waals surface area contributed by atoms with Crippen molar-refractivity contribution in [1.29, 1.82) is 0 Å². The van der Waals surface area contributed by atoms with Gasteiger partial charge in [0.2, 0.25) is 5.95 Å². The number of nitrogens with two attached hydrogens (primary N) is 1. The van der Waals surface area contributed by atoms with E-state index >= 15 is 0 Å². The highest BCUT2D eigenvalue weighted by molar-refractivity contribution is 5.78. The smallest absolute Gasteiger partial charge is 0.405 e. The molecule has 0 aliphatic carbocycles. The molecule has 1 amide bonds. The maximum absolute atomic E-state index is 13.4. The molecule has 8 heteroatoms. The fraction of sp³-hybridized carbons (Fsp3) is 0.375. The van der Waals surface area contributed by atoms with Crippen molar-refractivity contribution < 1.29 is 13.9 Å². The summed E-state index contributed by atoms with van der Waals surface area (Å²) in [6.07, 6.45) is 3.72. The quantitative estimate of drug-likeness (QED) is 0.233. The molecule has 0 bridgehead atoms. The summed E-state index contributed by atoms with van der Waals surface area (Å²) >= 11 is 0. The summed E-state index contributed by atoms with van der Waals surface area (Å²) in [6.45, 7) is 5.76. The number of amides is 1. The minimum atomic E-state index is -0.731. The van der Waals surface area contributed by atoms with E-state index in [1.165, 1.54) is 17.7 Å². The average molecular weight is 544 g/mol. The summed E-state index contributed by atoms with van der Waals surface area (Å²) in [5.41, 5.74) is 10.6. The average Bonchev–Trinajstić information content (AvgIpc) is 3.30. The van der Waals surface area contributed by atoms with Gasteiger partial charge in [0.05, 0.1) is 17.6 Å². The van der Waals surface area contributed by atoms with Crippen LogP contribution in [0, 0.1) is 5.82 Å². The molecular weight excluding hydrogens is 505 g/mol. The van der Waals surface area contributed by atoms with E-state index in [9.17, 15) is 9.18 Å². The number of imidazole rings is 1. The van der Waals surface area contributed by atoms with Crippen LogP contribution in [0.15, 0.2) is 72.8 Å². The molecular formula is C32H38FN5O2. The number of carbonyl (C=O) groups is 1. The fourth-order valence-electron chi connectivity index (χ4n) is 5.48. The summed E-state index contributed by atoms with van der Waals surface area (Å²) in [5.74, 6) is 0.641. The lowest BCUT2D eigenvalue weighted by Crippen LogP contribution is -2.40. The highest BCUT2D eigenvalue weighted by Crippen LogP contribution is 2.25. The van der Waals surface area contributed by atoms with Crippen LogP contribution in [0.1, 0.15) is 55.4 Å². The molecule has 3 N–H and O–H groups in total. The Morgan fingerprint density at radius 3 is 2.45 bits per heavy atom. The van der Waals surface area contributed by atoms with Gasteiger partial charge in [0.1, 0.15) is 11.9 Å². The zero-order valence-electron chi connectivity index (χ0n) is 23.1. The van der Waals surface area contributed by atoms with Crippen LogP contribution in [0.25, 0.3) is 11.0 Å². The summed E-state index contributed by atoms with van der Waals surface area (Å²) in [6, 6.07) is 23.5. The Morgan fingerprint density at radius 2 is 1.75 bits per heavy atom. The van der Waals surface area contributed by atoms with Gasteiger partial charge in [-0.25, -0.2) is 14.2 Å². The zero-order valence-corrected chi connectivity index (χ0v) is 23.1. The maximum atomic E-state index is 13.4. The number of piperidine rings is 1. The van der Waals surface area contributed by atoms with E-state index in [2.05, 4.69) is 39.9 Å². The second kappa shape index (κ2) is 13.0. The molecule has 5 rings (SSSR count). The SMILES string of the molecule is CCCC(OC(N)=O)c1ccc(CCN2CCC(Nc3nc4ccccc4n3Cc3ccc(F)cc3)CC2)cc1. The highest BCUT2D eigenvalue weighted by atomic mass is 19.1. The number of benzene rings is 3. The second-order valence-corrected chi connectivity index (χ2v) is 10.6. The summed E-state index contributed by atoms with van der Waals surface area (Å²) < 4.78 is 20.9. The van der Waals surface area contributed by atoms with Crippen LogP contribution in [0.2, 0.25) is 0 Å². The number of ether oxygens (including phenoxy) is 1. The van der Waals surface area contributed by atoms with Crippen molar-refractivity contribution in [2.24, 2.45) is 5.73 Å². The molecule has 1 aliphatic heterocycles. The molecule has 2 heterocycles. The molecule has 0 radical (unpaired) electrons. The number of nitrogens with zero attached hydrogens (tertiary/aromatic N) is 3. The Balaban J connectivity index is 1.15. The number of rotatable bonds is 11. The van der Waals surface area contributed by atoms with Crippen molar-refractivity contribution in [2.45, 2.75) is 57.7 Å². The first-order chi connectivity index (χ1) is 19.5. The number of carbonyl (C=O) groups excluding carboxylic acids is 1. The Morgan fingerprint density at radius 1 is 1.05 bits per heavy atom. The number of likely N-dealkylation sites (tertiary alicyclic amines) is 1. The van der Waals surface area contributed by atoms with E-state index in [1.54, 1.807) is 0 Å². The highest BCUT2D eigenvalue weighted by Gasteiger charge is 2.22. The molecule has 1 unspecified atom stereocenters. The molecule has 4 aromatic rings. The van der Waals surface area contributed by atoms with E-state index in [0.29, 0.717) is 12.6 Å². The van der Waals surface area contributed by atoms with Gasteiger partial charge >= 0.3 is 6.09 Å². The summed E-state index contributed by atoms with van der Waals surface area (Å²) in [5, 5.41) is 3.71. The monoisotopic (exact) mass is 543 g/mol. The largest absolute Gasteiger partial charge is 0.442 e. The Bertz CT molecular complexity index is 1400. The normalized spacial score (nSPS) is 15.2. The van der Waals surface area contributed by atoms with Gasteiger partial charge in [-0.05, 0) is 66.6 Å². The van der Waals surface area contributed by atoms with Crippen molar-refractivity contribution in [3.05, 3.63) is 95.3 Å². The van der Waals surface area contributed by atoms with E-state index < -0.39 is 6.09 Å². The van der Waals surface area contributed by atoms with Gasteiger partial charge in [-0.1, -0.05) is 61.9 Å².